The first-order valence-corrected chi connectivity index (χ1v) is 11.5. The van der Waals surface area contributed by atoms with Crippen molar-refractivity contribution in [3.05, 3.63) is 58.9 Å². The average molecular weight is 440 g/mol. The summed E-state index contributed by atoms with van der Waals surface area (Å²) in [7, 11) is -3.50. The predicted octanol–water partition coefficient (Wildman–Crippen LogP) is 2.43. The van der Waals surface area contributed by atoms with Crippen LogP contribution in [0.5, 0.6) is 0 Å². The van der Waals surface area contributed by atoms with Crippen molar-refractivity contribution in [2.75, 3.05) is 50.4 Å². The molecule has 9 heteroatoms. The highest BCUT2D eigenvalue weighted by Crippen LogP contribution is 2.22. The molecule has 1 aliphatic heterocycles. The lowest BCUT2D eigenvalue weighted by atomic mass is 10.2. The highest BCUT2D eigenvalue weighted by Gasteiger charge is 2.18. The van der Waals surface area contributed by atoms with Crippen molar-refractivity contribution in [3.8, 4) is 0 Å². The molecule has 29 heavy (non-hydrogen) atoms. The fourth-order valence-electron chi connectivity index (χ4n) is 3.24. The second-order valence-corrected chi connectivity index (χ2v) is 9.37. The van der Waals surface area contributed by atoms with Crippen LogP contribution in [-0.2, 0) is 9.84 Å². The first kappa shape index (κ1) is 21.5. The minimum Gasteiger partial charge on any atom is -0.369 e. The Bertz CT molecular complexity index is 975. The Morgan fingerprint density at radius 1 is 1.10 bits per heavy atom. The number of hydrogen-bond donors (Lipinski definition) is 1. The molecule has 0 saturated carbocycles. The van der Waals surface area contributed by atoms with Gasteiger partial charge in [-0.1, -0.05) is 11.6 Å². The van der Waals surface area contributed by atoms with Crippen LogP contribution in [0.1, 0.15) is 10.4 Å². The fourth-order valence-corrected chi connectivity index (χ4v) is 4.54. The molecule has 0 spiro atoms. The molecule has 156 valence electrons. The van der Waals surface area contributed by atoms with Crippen molar-refractivity contribution in [1.82, 2.24) is 10.2 Å². The van der Waals surface area contributed by atoms with Gasteiger partial charge in [-0.05, 0) is 42.5 Å². The first-order chi connectivity index (χ1) is 13.7. The molecular formula is C20H23ClFN3O3S. The van der Waals surface area contributed by atoms with Crippen molar-refractivity contribution in [2.24, 2.45) is 0 Å². The number of nitrogens with zero attached hydrogens (tertiary/aromatic N) is 2. The molecule has 1 saturated heterocycles. The van der Waals surface area contributed by atoms with E-state index in [4.69, 9.17) is 11.6 Å². The molecule has 1 fully saturated rings. The van der Waals surface area contributed by atoms with E-state index in [1.54, 1.807) is 12.1 Å². The van der Waals surface area contributed by atoms with Crippen molar-refractivity contribution in [3.63, 3.8) is 0 Å². The number of rotatable bonds is 6. The highest BCUT2D eigenvalue weighted by molar-refractivity contribution is 7.90. The van der Waals surface area contributed by atoms with Gasteiger partial charge in [0.05, 0.1) is 9.92 Å². The summed E-state index contributed by atoms with van der Waals surface area (Å²) in [4.78, 5) is 16.7. The third-order valence-electron chi connectivity index (χ3n) is 4.87. The smallest absolute Gasteiger partial charge is 0.251 e. The fraction of sp³-hybridized carbons (Fsp3) is 0.350. The van der Waals surface area contributed by atoms with E-state index in [1.807, 2.05) is 0 Å². The van der Waals surface area contributed by atoms with Crippen molar-refractivity contribution < 1.29 is 17.6 Å². The molecular weight excluding hydrogens is 417 g/mol. The molecule has 6 nitrogen and oxygen atoms in total. The Morgan fingerprint density at radius 2 is 1.76 bits per heavy atom. The molecule has 0 bridgehead atoms. The van der Waals surface area contributed by atoms with E-state index < -0.39 is 9.84 Å². The maximum atomic E-state index is 13.0. The summed E-state index contributed by atoms with van der Waals surface area (Å²) in [5.74, 6) is -0.580. The molecule has 0 radical (unpaired) electrons. The molecule has 1 N–H and O–H groups in total. The van der Waals surface area contributed by atoms with E-state index in [9.17, 15) is 17.6 Å². The number of amides is 1. The minimum absolute atomic E-state index is 0.0521. The van der Waals surface area contributed by atoms with E-state index in [-0.39, 0.29) is 27.2 Å². The van der Waals surface area contributed by atoms with Gasteiger partial charge in [0.15, 0.2) is 9.84 Å². The molecule has 2 aromatic rings. The maximum Gasteiger partial charge on any atom is 0.251 e. The lowest BCUT2D eigenvalue weighted by Gasteiger charge is -2.36. The van der Waals surface area contributed by atoms with Gasteiger partial charge in [-0.2, -0.15) is 0 Å². The maximum absolute atomic E-state index is 13.0. The third-order valence-corrected chi connectivity index (χ3v) is 6.45. The Labute approximate surface area is 175 Å². The molecule has 2 aromatic carbocycles. The Balaban J connectivity index is 1.47. The van der Waals surface area contributed by atoms with Crippen LogP contribution in [0.2, 0.25) is 5.02 Å². The summed E-state index contributed by atoms with van der Waals surface area (Å²) in [5.41, 5.74) is 1.26. The van der Waals surface area contributed by atoms with E-state index >= 15 is 0 Å². The number of anilines is 1. The van der Waals surface area contributed by atoms with Crippen LogP contribution >= 0.6 is 11.6 Å². The number of carbonyl (C=O) groups excluding carboxylic acids is 1. The van der Waals surface area contributed by atoms with Crippen molar-refractivity contribution in [1.29, 1.82) is 0 Å². The van der Waals surface area contributed by atoms with Gasteiger partial charge in [0.2, 0.25) is 0 Å². The number of carbonyl (C=O) groups is 1. The molecule has 3 rings (SSSR count). The number of hydrogen-bond acceptors (Lipinski definition) is 5. The second kappa shape index (κ2) is 9.11. The summed E-state index contributed by atoms with van der Waals surface area (Å²) in [6, 6.07) is 10.7. The number of benzene rings is 2. The highest BCUT2D eigenvalue weighted by atomic mass is 35.5. The van der Waals surface area contributed by atoms with Gasteiger partial charge >= 0.3 is 0 Å². The van der Waals surface area contributed by atoms with Gasteiger partial charge in [-0.25, -0.2) is 12.8 Å². The van der Waals surface area contributed by atoms with Crippen LogP contribution in [-0.4, -0.2) is 64.7 Å². The molecule has 1 amide bonds. The normalized spacial score (nSPS) is 15.3. The number of sulfone groups is 1. The molecule has 0 atom stereocenters. The zero-order valence-corrected chi connectivity index (χ0v) is 17.6. The van der Waals surface area contributed by atoms with E-state index in [0.717, 1.165) is 38.1 Å². The third kappa shape index (κ3) is 5.68. The zero-order valence-electron chi connectivity index (χ0n) is 16.1. The van der Waals surface area contributed by atoms with Gasteiger partial charge in [0.1, 0.15) is 5.82 Å². The van der Waals surface area contributed by atoms with Crippen LogP contribution in [0.4, 0.5) is 10.1 Å². The van der Waals surface area contributed by atoms with Crippen LogP contribution in [0, 0.1) is 5.82 Å². The van der Waals surface area contributed by atoms with Crippen molar-refractivity contribution >= 4 is 33.0 Å². The molecule has 0 aromatic heterocycles. The molecule has 0 unspecified atom stereocenters. The van der Waals surface area contributed by atoms with E-state index in [0.29, 0.717) is 13.1 Å². The SMILES string of the molecule is CS(=O)(=O)c1cc(C(=O)NCCN2CCN(c3ccc(F)cc3)CC2)ccc1Cl. The van der Waals surface area contributed by atoms with Gasteiger partial charge in [-0.15, -0.1) is 0 Å². The Morgan fingerprint density at radius 3 is 2.38 bits per heavy atom. The summed E-state index contributed by atoms with van der Waals surface area (Å²) in [6.07, 6.45) is 1.06. The first-order valence-electron chi connectivity index (χ1n) is 9.25. The number of nitrogens with one attached hydrogen (secondary N) is 1. The van der Waals surface area contributed by atoms with Gasteiger partial charge in [0, 0.05) is 56.8 Å². The van der Waals surface area contributed by atoms with Crippen molar-refractivity contribution in [2.45, 2.75) is 4.90 Å². The number of halogens is 2. The zero-order chi connectivity index (χ0) is 21.0. The van der Waals surface area contributed by atoms with E-state index in [1.165, 1.54) is 30.3 Å². The summed E-state index contributed by atoms with van der Waals surface area (Å²) in [5, 5.41) is 2.92. The summed E-state index contributed by atoms with van der Waals surface area (Å²) in [6.45, 7) is 4.48. The number of piperazine rings is 1. The van der Waals surface area contributed by atoms with Gasteiger partial charge < -0.3 is 10.2 Å². The van der Waals surface area contributed by atoms with E-state index in [2.05, 4.69) is 15.1 Å². The quantitative estimate of drug-likeness (QED) is 0.748. The lowest BCUT2D eigenvalue weighted by molar-refractivity contribution is 0.0947. The average Bonchev–Trinajstić information content (AvgIpc) is 2.68. The largest absolute Gasteiger partial charge is 0.369 e. The van der Waals surface area contributed by atoms with Crippen LogP contribution < -0.4 is 10.2 Å². The van der Waals surface area contributed by atoms with Crippen LogP contribution in [0.15, 0.2) is 47.4 Å². The minimum atomic E-state index is -3.50. The van der Waals surface area contributed by atoms with Gasteiger partial charge in [-0.3, -0.25) is 9.69 Å². The van der Waals surface area contributed by atoms with Crippen LogP contribution in [0.3, 0.4) is 0 Å². The summed E-state index contributed by atoms with van der Waals surface area (Å²) >= 11 is 5.92. The predicted molar refractivity (Wildman–Crippen MR) is 112 cm³/mol. The second-order valence-electron chi connectivity index (χ2n) is 6.98. The molecule has 0 aliphatic carbocycles. The summed E-state index contributed by atoms with van der Waals surface area (Å²) < 4.78 is 36.5. The topological polar surface area (TPSA) is 69.7 Å². The monoisotopic (exact) mass is 439 g/mol. The Hall–Kier alpha value is -2.16. The van der Waals surface area contributed by atoms with Gasteiger partial charge in [0.25, 0.3) is 5.91 Å². The standard InChI is InChI=1S/C20H23ClFN3O3S/c1-29(27,28)19-14-15(2-7-18(19)21)20(26)23-8-9-24-10-12-25(13-11-24)17-5-3-16(22)4-6-17/h2-7,14H,8-13H2,1H3,(H,23,26). The lowest BCUT2D eigenvalue weighted by Crippen LogP contribution is -2.48. The van der Waals surface area contributed by atoms with Crippen LogP contribution in [0.25, 0.3) is 0 Å². The molecule has 1 heterocycles. The Kier molecular flexibility index (Phi) is 6.77. The molecule has 1 aliphatic rings.